The Morgan fingerprint density at radius 1 is 0.519 bits per heavy atom. The molecule has 106 heavy (non-hydrogen) atoms. The molecule has 3 unspecified atom stereocenters. The van der Waals surface area contributed by atoms with Crippen LogP contribution < -0.4 is 19.3 Å². The monoisotopic (exact) mass is 1470 g/mol. The number of ether oxygens (including phenoxy) is 6. The van der Waals surface area contributed by atoms with E-state index in [1.165, 1.54) is 38.3 Å². The smallest absolute Gasteiger partial charge is 0.417 e. The average molecular weight is 1480 g/mol. The van der Waals surface area contributed by atoms with Crippen molar-refractivity contribution in [3.8, 4) is 11.5 Å². The Balaban J connectivity index is 0.000000228. The number of carbonyl (C=O) groups is 6. The molecule has 6 aromatic carbocycles. The highest BCUT2D eigenvalue weighted by Crippen LogP contribution is 2.47. The second-order valence-electron chi connectivity index (χ2n) is 28.7. The Kier molecular flexibility index (Phi) is 26.6. The van der Waals surface area contributed by atoms with Crippen molar-refractivity contribution in [2.75, 3.05) is 55.8 Å². The van der Waals surface area contributed by atoms with Crippen LogP contribution in [0.25, 0.3) is 0 Å². The first-order chi connectivity index (χ1) is 50.7. The number of rotatable bonds is 24. The number of hydrogen-bond donors (Lipinski definition) is 1. The number of fused-ring (bicyclic) bond motifs is 2. The fourth-order valence-corrected chi connectivity index (χ4v) is 14.4. The van der Waals surface area contributed by atoms with Crippen LogP contribution >= 0.6 is 0 Å². The molecule has 3 atom stereocenters. The van der Waals surface area contributed by atoms with Gasteiger partial charge in [0.25, 0.3) is 23.6 Å². The van der Waals surface area contributed by atoms with Crippen LogP contribution in [0.4, 0.5) is 47.3 Å². The van der Waals surface area contributed by atoms with Crippen molar-refractivity contribution in [3.05, 3.63) is 190 Å². The molecule has 0 spiro atoms. The molecule has 0 bridgehead atoms. The largest absolute Gasteiger partial charge is 0.473 e. The quantitative estimate of drug-likeness (QED) is 0.0562. The predicted octanol–water partition coefficient (Wildman–Crippen LogP) is 16.0. The topological polar surface area (TPSA) is 197 Å². The van der Waals surface area contributed by atoms with Crippen LogP contribution in [-0.4, -0.2) is 148 Å². The van der Waals surface area contributed by atoms with E-state index in [0.29, 0.717) is 38.7 Å². The van der Waals surface area contributed by atoms with Gasteiger partial charge in [0.2, 0.25) is 11.2 Å². The van der Waals surface area contributed by atoms with Gasteiger partial charge in [0.15, 0.2) is 6.29 Å². The summed E-state index contributed by atoms with van der Waals surface area (Å²) in [4.78, 5) is 92.6. The third-order valence-corrected chi connectivity index (χ3v) is 20.0. The van der Waals surface area contributed by atoms with Crippen LogP contribution in [0.15, 0.2) is 146 Å². The molecule has 3 aliphatic heterocycles. The van der Waals surface area contributed by atoms with E-state index in [-0.39, 0.29) is 106 Å². The van der Waals surface area contributed by atoms with Gasteiger partial charge in [-0.05, 0) is 133 Å². The van der Waals surface area contributed by atoms with Gasteiger partial charge < -0.3 is 62.9 Å². The number of aliphatic hydroxyl groups is 1. The van der Waals surface area contributed by atoms with Crippen LogP contribution in [0.3, 0.4) is 0 Å². The van der Waals surface area contributed by atoms with E-state index in [0.717, 1.165) is 97.9 Å². The maximum atomic E-state index is 15.0. The molecule has 6 amide bonds. The molecule has 0 aromatic heterocycles. The van der Waals surface area contributed by atoms with E-state index >= 15 is 0 Å². The Labute approximate surface area is 615 Å². The van der Waals surface area contributed by atoms with Gasteiger partial charge in [0, 0.05) is 70.0 Å². The first-order valence-electron chi connectivity index (χ1n) is 36.7. The van der Waals surface area contributed by atoms with Crippen LogP contribution in [0, 0.1) is 0 Å². The number of alkyl halides is 6. The number of anilines is 2. The van der Waals surface area contributed by atoms with Crippen LogP contribution in [0.2, 0.25) is 0 Å². The van der Waals surface area contributed by atoms with E-state index in [2.05, 4.69) is 0 Å². The number of halogens is 6. The second-order valence-corrected chi connectivity index (χ2v) is 28.7. The average Bonchev–Trinajstić information content (AvgIpc) is 0.745. The molecule has 6 aromatic rings. The molecule has 2 aliphatic carbocycles. The summed E-state index contributed by atoms with van der Waals surface area (Å²) in [6.45, 7) is 9.11. The van der Waals surface area contributed by atoms with E-state index in [1.807, 2.05) is 121 Å². The summed E-state index contributed by atoms with van der Waals surface area (Å²) >= 11 is 0. The molecular weight excluding hydrogens is 1380 g/mol. The number of benzene rings is 6. The lowest BCUT2D eigenvalue weighted by Crippen LogP contribution is -2.58. The molecule has 1 N–H and O–H groups in total. The first-order valence-corrected chi connectivity index (χ1v) is 36.7. The zero-order valence-corrected chi connectivity index (χ0v) is 61.0. The molecule has 0 radical (unpaired) electrons. The highest BCUT2D eigenvalue weighted by Gasteiger charge is 2.51. The minimum atomic E-state index is -4.92. The summed E-state index contributed by atoms with van der Waals surface area (Å²) in [5, 5.41) is 10.2. The van der Waals surface area contributed by atoms with Gasteiger partial charge in [0.1, 0.15) is 24.7 Å². The van der Waals surface area contributed by atoms with Crippen molar-refractivity contribution >= 4 is 47.2 Å². The standard InChI is InChI=1S/C43H52F3N3O7.C38H44F3N3O6/c1-30(2)49(33-19-11-6-12-20-33)39(50)34-25-36-37(26-35(34)43(44,45)46)56-42(3,29-55-38-21-13-14-24-53-38)40(51)48(36)23-22-47(27-31-15-7-4-8-16-31)41(52)54-28-32-17-9-5-10-18-32;1-26(2)44(29-17-11-6-12-18-29)34(46)30-21-32-33(22-31(30)38(39,40)41)50-37(3,25-45)35(47)43(32)20-19-42(23-27-13-7-4-8-14-27)36(48)49-24-28-15-9-5-10-16-28/h4-5,7-10,15-18,25-26,30,33,38H,6,11-14,19-24,27-29H2,1-3H3;4-5,7-10,13-16,21-22,26,29,45H,6,11-12,17-20,23-25H2,1-3H3. The second kappa shape index (κ2) is 35.5. The van der Waals surface area contributed by atoms with Crippen molar-refractivity contribution in [1.82, 2.24) is 19.6 Å². The van der Waals surface area contributed by atoms with Gasteiger partial charge in [-0.2, -0.15) is 26.3 Å². The lowest BCUT2D eigenvalue weighted by Gasteiger charge is -2.42. The lowest BCUT2D eigenvalue weighted by molar-refractivity contribution is -0.188. The van der Waals surface area contributed by atoms with Crippen LogP contribution in [-0.2, 0) is 67.2 Å². The van der Waals surface area contributed by atoms with Crippen molar-refractivity contribution in [3.63, 3.8) is 0 Å². The summed E-state index contributed by atoms with van der Waals surface area (Å²) in [6.07, 6.45) is -1.09. The van der Waals surface area contributed by atoms with Crippen LogP contribution in [0.1, 0.15) is 179 Å². The van der Waals surface area contributed by atoms with Gasteiger partial charge in [0.05, 0.1) is 46.8 Å². The first kappa shape index (κ1) is 79.4. The number of hydrogen-bond acceptors (Lipinski definition) is 13. The maximum absolute atomic E-state index is 15.0. The molecule has 3 fully saturated rings. The molecule has 25 heteroatoms. The Morgan fingerprint density at radius 3 is 1.25 bits per heavy atom. The van der Waals surface area contributed by atoms with Crippen LogP contribution in [0.5, 0.6) is 11.5 Å². The number of aliphatic hydroxyl groups excluding tert-OH is 1. The summed E-state index contributed by atoms with van der Waals surface area (Å²) in [5.74, 6) is -3.38. The minimum absolute atomic E-state index is 0.00223. The molecular formula is C81H96F6N6O13. The fourth-order valence-electron chi connectivity index (χ4n) is 14.4. The van der Waals surface area contributed by atoms with Gasteiger partial charge in [-0.15, -0.1) is 0 Å². The van der Waals surface area contributed by atoms with Gasteiger partial charge >= 0.3 is 24.5 Å². The van der Waals surface area contributed by atoms with Crippen molar-refractivity contribution < 1.29 is 88.6 Å². The number of carbonyl (C=O) groups excluding carboxylic acids is 6. The normalized spacial score (nSPS) is 19.2. The number of nitrogens with zero attached hydrogens (tertiary/aromatic N) is 6. The van der Waals surface area contributed by atoms with E-state index < -0.39 is 94.5 Å². The molecule has 570 valence electrons. The maximum Gasteiger partial charge on any atom is 0.417 e. The van der Waals surface area contributed by atoms with E-state index in [9.17, 15) is 60.2 Å². The molecule has 3 heterocycles. The highest BCUT2D eigenvalue weighted by atomic mass is 19.4. The zero-order chi connectivity index (χ0) is 75.9. The molecule has 19 nitrogen and oxygen atoms in total. The van der Waals surface area contributed by atoms with E-state index in [4.69, 9.17) is 28.4 Å². The predicted molar refractivity (Wildman–Crippen MR) is 386 cm³/mol. The Bertz CT molecular complexity index is 3950. The SMILES string of the molecule is CC(C)N(C(=O)c1cc2c(cc1C(F)(F)F)OC(C)(CO)C(=O)N2CCN(Cc1ccccc1)C(=O)OCc1ccccc1)C1CCCCC1.CC(C)N(C(=O)c1cc2c(cc1C(F)(F)F)OC(C)(COC1CCCCO1)C(=O)N2CCN(Cc1ccccc1)C(=O)OCc1ccccc1)C1CCCCC1. The summed E-state index contributed by atoms with van der Waals surface area (Å²) in [7, 11) is 0. The minimum Gasteiger partial charge on any atom is -0.473 e. The van der Waals surface area contributed by atoms with Crippen molar-refractivity contribution in [2.45, 2.75) is 205 Å². The van der Waals surface area contributed by atoms with Gasteiger partial charge in [-0.3, -0.25) is 19.2 Å². The fraction of sp³-hybridized carbons (Fsp3) is 0.481. The van der Waals surface area contributed by atoms with Crippen molar-refractivity contribution in [2.24, 2.45) is 0 Å². The van der Waals surface area contributed by atoms with E-state index in [1.54, 1.807) is 32.6 Å². The molecule has 11 rings (SSSR count). The lowest BCUT2D eigenvalue weighted by atomic mass is 9.92. The third-order valence-electron chi connectivity index (χ3n) is 20.0. The molecule has 1 saturated heterocycles. The molecule has 5 aliphatic rings. The van der Waals surface area contributed by atoms with Crippen molar-refractivity contribution in [1.29, 1.82) is 0 Å². The molecule has 2 saturated carbocycles. The summed E-state index contributed by atoms with van der Waals surface area (Å²) in [6, 6.07) is 39.3. The Hall–Kier alpha value is -9.20. The summed E-state index contributed by atoms with van der Waals surface area (Å²) in [5.41, 5.74) is -4.04. The third kappa shape index (κ3) is 19.7. The Morgan fingerprint density at radius 2 is 0.887 bits per heavy atom. The zero-order valence-electron chi connectivity index (χ0n) is 61.0. The highest BCUT2D eigenvalue weighted by molar-refractivity contribution is 6.07. The van der Waals surface area contributed by atoms with Gasteiger partial charge in [-0.25, -0.2) is 9.59 Å². The van der Waals surface area contributed by atoms with Gasteiger partial charge in [-0.1, -0.05) is 160 Å². The number of amides is 6. The summed E-state index contributed by atoms with van der Waals surface area (Å²) < 4.78 is 124.